The monoisotopic (exact) mass is 273 g/mol. The minimum absolute atomic E-state index is 0.285. The van der Waals surface area contributed by atoms with Crippen LogP contribution in [0.2, 0.25) is 0 Å². The highest BCUT2D eigenvalue weighted by molar-refractivity contribution is 5.30. The Kier molecular flexibility index (Phi) is 5.18. The highest BCUT2D eigenvalue weighted by Crippen LogP contribution is 2.21. The molecular formula is C16H23N3O. The molecule has 1 aromatic heterocycles. The predicted octanol–water partition coefficient (Wildman–Crippen LogP) is 2.80. The molecule has 1 N–H and O–H groups in total. The first-order chi connectivity index (χ1) is 9.76. The molecule has 0 saturated carbocycles. The van der Waals surface area contributed by atoms with E-state index in [2.05, 4.69) is 42.6 Å². The molecule has 0 aliphatic heterocycles. The molecule has 0 radical (unpaired) electrons. The van der Waals surface area contributed by atoms with Gasteiger partial charge in [0, 0.05) is 24.3 Å². The first kappa shape index (κ1) is 14.6. The zero-order valence-electron chi connectivity index (χ0n) is 12.5. The van der Waals surface area contributed by atoms with Crippen molar-refractivity contribution in [3.8, 4) is 5.75 Å². The van der Waals surface area contributed by atoms with Crippen molar-refractivity contribution in [1.29, 1.82) is 0 Å². The minimum Gasteiger partial charge on any atom is -0.497 e. The molecule has 1 aromatic carbocycles. The van der Waals surface area contributed by atoms with Crippen LogP contribution in [-0.4, -0.2) is 23.4 Å². The number of nitrogens with one attached hydrogen (secondary N) is 1. The molecule has 0 aliphatic rings. The van der Waals surface area contributed by atoms with Crippen molar-refractivity contribution in [1.82, 2.24) is 15.1 Å². The first-order valence-electron chi connectivity index (χ1n) is 7.15. The van der Waals surface area contributed by atoms with E-state index in [1.807, 2.05) is 23.0 Å². The van der Waals surface area contributed by atoms with Crippen molar-refractivity contribution >= 4 is 0 Å². The molecule has 2 rings (SSSR count). The Morgan fingerprint density at radius 2 is 2.20 bits per heavy atom. The van der Waals surface area contributed by atoms with Crippen molar-refractivity contribution in [3.63, 3.8) is 0 Å². The Labute approximate surface area is 120 Å². The van der Waals surface area contributed by atoms with Gasteiger partial charge in [-0.1, -0.05) is 19.1 Å². The number of hydrogen-bond acceptors (Lipinski definition) is 3. The van der Waals surface area contributed by atoms with Gasteiger partial charge in [0.15, 0.2) is 0 Å². The summed E-state index contributed by atoms with van der Waals surface area (Å²) >= 11 is 0. The van der Waals surface area contributed by atoms with Crippen LogP contribution < -0.4 is 10.1 Å². The van der Waals surface area contributed by atoms with E-state index >= 15 is 0 Å². The van der Waals surface area contributed by atoms with Gasteiger partial charge in [-0.05, 0) is 37.6 Å². The van der Waals surface area contributed by atoms with Crippen LogP contribution in [0.4, 0.5) is 0 Å². The summed E-state index contributed by atoms with van der Waals surface area (Å²) in [6.07, 6.45) is 5.00. The Morgan fingerprint density at radius 3 is 2.85 bits per heavy atom. The van der Waals surface area contributed by atoms with Gasteiger partial charge in [-0.2, -0.15) is 5.10 Å². The molecular weight excluding hydrogens is 250 g/mol. The fourth-order valence-electron chi connectivity index (χ4n) is 2.32. The Balaban J connectivity index is 2.15. The zero-order chi connectivity index (χ0) is 14.4. The van der Waals surface area contributed by atoms with Gasteiger partial charge in [0.25, 0.3) is 0 Å². The maximum Gasteiger partial charge on any atom is 0.119 e. The van der Waals surface area contributed by atoms with Crippen LogP contribution in [0.25, 0.3) is 0 Å². The number of aromatic nitrogens is 2. The minimum atomic E-state index is 0.285. The van der Waals surface area contributed by atoms with Gasteiger partial charge >= 0.3 is 0 Å². The molecule has 0 saturated heterocycles. The molecule has 0 bridgehead atoms. The topological polar surface area (TPSA) is 39.1 Å². The molecule has 2 aromatic rings. The smallest absolute Gasteiger partial charge is 0.119 e. The third kappa shape index (κ3) is 3.61. The van der Waals surface area contributed by atoms with Gasteiger partial charge in [0.2, 0.25) is 0 Å². The lowest BCUT2D eigenvalue weighted by atomic mass is 10.0. The van der Waals surface area contributed by atoms with Crippen molar-refractivity contribution in [2.45, 2.75) is 32.9 Å². The number of ether oxygens (including phenoxy) is 1. The number of methoxy groups -OCH3 is 1. The van der Waals surface area contributed by atoms with Gasteiger partial charge in [-0.15, -0.1) is 0 Å². The highest BCUT2D eigenvalue weighted by Gasteiger charge is 2.13. The number of aryl methyl sites for hydroxylation is 1. The number of likely N-dealkylation sites (N-methyl/N-ethyl adjacent to an activating group) is 1. The Hall–Kier alpha value is -1.81. The number of hydrogen-bond donors (Lipinski definition) is 1. The van der Waals surface area contributed by atoms with E-state index in [9.17, 15) is 0 Å². The van der Waals surface area contributed by atoms with Crippen LogP contribution in [0.1, 0.15) is 31.0 Å². The van der Waals surface area contributed by atoms with Gasteiger partial charge in [-0.3, -0.25) is 4.68 Å². The predicted molar refractivity (Wildman–Crippen MR) is 81.0 cm³/mol. The second-order valence-electron chi connectivity index (χ2n) is 4.80. The second-order valence-corrected chi connectivity index (χ2v) is 4.80. The van der Waals surface area contributed by atoms with Crippen molar-refractivity contribution in [2.24, 2.45) is 0 Å². The maximum absolute atomic E-state index is 5.29. The zero-order valence-corrected chi connectivity index (χ0v) is 12.5. The molecule has 108 valence electrons. The maximum atomic E-state index is 5.29. The number of benzene rings is 1. The molecule has 1 unspecified atom stereocenters. The summed E-state index contributed by atoms with van der Waals surface area (Å²) in [5.74, 6) is 0.905. The van der Waals surface area contributed by atoms with Crippen LogP contribution in [0, 0.1) is 0 Å². The molecule has 0 aliphatic carbocycles. The Morgan fingerprint density at radius 1 is 1.35 bits per heavy atom. The number of nitrogens with zero attached hydrogens (tertiary/aromatic N) is 2. The van der Waals surface area contributed by atoms with Crippen LogP contribution in [-0.2, 0) is 13.0 Å². The van der Waals surface area contributed by atoms with Crippen LogP contribution in [0.5, 0.6) is 5.75 Å². The van der Waals surface area contributed by atoms with E-state index < -0.39 is 0 Å². The summed E-state index contributed by atoms with van der Waals surface area (Å²) in [6, 6.07) is 8.52. The molecule has 4 nitrogen and oxygen atoms in total. The fraction of sp³-hybridized carbons (Fsp3) is 0.438. The average molecular weight is 273 g/mol. The lowest BCUT2D eigenvalue weighted by Crippen LogP contribution is -2.22. The van der Waals surface area contributed by atoms with Gasteiger partial charge in [0.05, 0.1) is 13.3 Å². The lowest BCUT2D eigenvalue weighted by Gasteiger charge is -2.17. The van der Waals surface area contributed by atoms with Gasteiger partial charge in [-0.25, -0.2) is 0 Å². The van der Waals surface area contributed by atoms with E-state index in [-0.39, 0.29) is 6.04 Å². The van der Waals surface area contributed by atoms with Crippen LogP contribution in [0.15, 0.2) is 36.7 Å². The summed E-state index contributed by atoms with van der Waals surface area (Å²) in [7, 11) is 1.70. The molecule has 0 spiro atoms. The van der Waals surface area contributed by atoms with E-state index in [0.29, 0.717) is 0 Å². The summed E-state index contributed by atoms with van der Waals surface area (Å²) < 4.78 is 7.25. The second kappa shape index (κ2) is 7.10. The number of rotatable bonds is 7. The standard InChI is InChI=1S/C16H23N3O/c1-4-17-16(14-11-18-19(5-2)12-14)10-13-7-6-8-15(9-13)20-3/h6-9,11-12,16-17H,4-5,10H2,1-3H3. The van der Waals surface area contributed by atoms with E-state index in [1.54, 1.807) is 7.11 Å². The lowest BCUT2D eigenvalue weighted by molar-refractivity contribution is 0.414. The van der Waals surface area contributed by atoms with E-state index in [1.165, 1.54) is 11.1 Å². The fourth-order valence-corrected chi connectivity index (χ4v) is 2.32. The summed E-state index contributed by atoms with van der Waals surface area (Å²) in [5.41, 5.74) is 2.50. The van der Waals surface area contributed by atoms with E-state index in [4.69, 9.17) is 4.74 Å². The van der Waals surface area contributed by atoms with Crippen molar-refractivity contribution in [2.75, 3.05) is 13.7 Å². The normalized spacial score (nSPS) is 12.3. The summed E-state index contributed by atoms with van der Waals surface area (Å²) in [4.78, 5) is 0. The van der Waals surface area contributed by atoms with E-state index in [0.717, 1.165) is 25.3 Å². The molecule has 1 atom stereocenters. The van der Waals surface area contributed by atoms with Crippen LogP contribution in [0.3, 0.4) is 0 Å². The third-order valence-corrected chi connectivity index (χ3v) is 3.40. The van der Waals surface area contributed by atoms with Gasteiger partial charge < -0.3 is 10.1 Å². The van der Waals surface area contributed by atoms with Crippen molar-refractivity contribution in [3.05, 3.63) is 47.8 Å². The molecule has 0 amide bonds. The molecule has 4 heteroatoms. The SMILES string of the molecule is CCNC(Cc1cccc(OC)c1)c1cnn(CC)c1. The highest BCUT2D eigenvalue weighted by atomic mass is 16.5. The van der Waals surface area contributed by atoms with Gasteiger partial charge in [0.1, 0.15) is 5.75 Å². The Bertz CT molecular complexity index is 536. The van der Waals surface area contributed by atoms with Crippen molar-refractivity contribution < 1.29 is 4.74 Å². The quantitative estimate of drug-likeness (QED) is 0.843. The summed E-state index contributed by atoms with van der Waals surface area (Å²) in [5, 5.41) is 7.89. The average Bonchev–Trinajstić information content (AvgIpc) is 2.96. The third-order valence-electron chi connectivity index (χ3n) is 3.40. The van der Waals surface area contributed by atoms with Crippen LogP contribution >= 0.6 is 0 Å². The molecule has 0 fully saturated rings. The molecule has 20 heavy (non-hydrogen) atoms. The molecule has 1 heterocycles. The first-order valence-corrected chi connectivity index (χ1v) is 7.15. The summed E-state index contributed by atoms with van der Waals surface area (Å²) in [6.45, 7) is 6.06. The largest absolute Gasteiger partial charge is 0.497 e.